The van der Waals surface area contributed by atoms with E-state index in [-0.39, 0.29) is 5.91 Å². The molecule has 1 amide bonds. The van der Waals surface area contributed by atoms with E-state index in [0.717, 1.165) is 12.0 Å². The summed E-state index contributed by atoms with van der Waals surface area (Å²) >= 11 is 0. The van der Waals surface area contributed by atoms with Crippen LogP contribution in [0, 0.1) is 11.3 Å². The van der Waals surface area contributed by atoms with Gasteiger partial charge in [0.15, 0.2) is 0 Å². The molecule has 0 spiro atoms. The molecule has 4 heteroatoms. The lowest BCUT2D eigenvalue weighted by molar-refractivity contribution is 0.0951. The largest absolute Gasteiger partial charge is 0.348 e. The fraction of sp³-hybridized carbons (Fsp3) is 0.176. The maximum absolute atomic E-state index is 12.0. The number of carbonyl (C=O) groups is 1. The van der Waals surface area contributed by atoms with Crippen LogP contribution in [0.5, 0.6) is 0 Å². The van der Waals surface area contributed by atoms with E-state index in [4.69, 9.17) is 11.0 Å². The highest BCUT2D eigenvalue weighted by atomic mass is 16.1. The highest BCUT2D eigenvalue weighted by Gasteiger charge is 2.05. The molecule has 0 fully saturated rings. The molecule has 106 valence electrons. The minimum Gasteiger partial charge on any atom is -0.348 e. The molecule has 0 aliphatic carbocycles. The van der Waals surface area contributed by atoms with Crippen LogP contribution < -0.4 is 11.1 Å². The molecular weight excluding hydrogens is 262 g/mol. The van der Waals surface area contributed by atoms with E-state index in [1.54, 1.807) is 24.3 Å². The third-order valence-corrected chi connectivity index (χ3v) is 3.19. The summed E-state index contributed by atoms with van der Waals surface area (Å²) < 4.78 is 0. The average Bonchev–Trinajstić information content (AvgIpc) is 2.54. The summed E-state index contributed by atoms with van der Waals surface area (Å²) in [5, 5.41) is 11.6. The van der Waals surface area contributed by atoms with Crippen LogP contribution in [0.1, 0.15) is 27.0 Å². The van der Waals surface area contributed by atoms with Crippen molar-refractivity contribution >= 4 is 5.91 Å². The van der Waals surface area contributed by atoms with Gasteiger partial charge in [-0.05, 0) is 48.4 Å². The molecule has 21 heavy (non-hydrogen) atoms. The van der Waals surface area contributed by atoms with Crippen molar-refractivity contribution in [3.8, 4) is 6.07 Å². The summed E-state index contributed by atoms with van der Waals surface area (Å²) in [6, 6.07) is 16.6. The highest BCUT2D eigenvalue weighted by molar-refractivity contribution is 5.94. The summed E-state index contributed by atoms with van der Waals surface area (Å²) in [7, 11) is 0. The molecule has 0 radical (unpaired) electrons. The van der Waals surface area contributed by atoms with Crippen LogP contribution in [0.3, 0.4) is 0 Å². The van der Waals surface area contributed by atoms with E-state index in [1.165, 1.54) is 5.56 Å². The number of benzene rings is 2. The molecule has 2 rings (SSSR count). The molecule has 0 aromatic heterocycles. The van der Waals surface area contributed by atoms with Crippen molar-refractivity contribution in [1.29, 1.82) is 5.26 Å². The minimum atomic E-state index is -0.148. The van der Waals surface area contributed by atoms with Gasteiger partial charge in [-0.1, -0.05) is 24.3 Å². The molecule has 0 unspecified atom stereocenters. The van der Waals surface area contributed by atoms with Gasteiger partial charge in [0.1, 0.15) is 0 Å². The zero-order valence-electron chi connectivity index (χ0n) is 11.7. The number of nitriles is 1. The number of hydrogen-bond acceptors (Lipinski definition) is 3. The van der Waals surface area contributed by atoms with E-state index in [1.807, 2.05) is 30.3 Å². The average molecular weight is 279 g/mol. The van der Waals surface area contributed by atoms with Crippen LogP contribution in [0.4, 0.5) is 0 Å². The van der Waals surface area contributed by atoms with Crippen LogP contribution >= 0.6 is 0 Å². The van der Waals surface area contributed by atoms with Crippen molar-refractivity contribution in [2.24, 2.45) is 5.73 Å². The standard InChI is InChI=1S/C17H17N3O/c18-10-9-13-1-3-15(4-2-13)12-20-17(21)16-7-5-14(11-19)6-8-16/h1-8H,9-10,12,18H2,(H,20,21). The topological polar surface area (TPSA) is 78.9 Å². The molecule has 4 nitrogen and oxygen atoms in total. The molecule has 0 atom stereocenters. The Kier molecular flexibility index (Phi) is 5.08. The second kappa shape index (κ2) is 7.22. The Bertz CT molecular complexity index is 639. The van der Waals surface area contributed by atoms with Gasteiger partial charge in [-0.25, -0.2) is 0 Å². The van der Waals surface area contributed by atoms with E-state index < -0.39 is 0 Å². The molecule has 0 aliphatic heterocycles. The Labute approximate surface area is 124 Å². The van der Waals surface area contributed by atoms with E-state index >= 15 is 0 Å². The Hall–Kier alpha value is -2.64. The van der Waals surface area contributed by atoms with Gasteiger partial charge in [0, 0.05) is 12.1 Å². The summed E-state index contributed by atoms with van der Waals surface area (Å²) in [4.78, 5) is 12.0. The number of nitrogens with two attached hydrogens (primary N) is 1. The smallest absolute Gasteiger partial charge is 0.251 e. The second-order valence-corrected chi connectivity index (χ2v) is 4.73. The lowest BCUT2D eigenvalue weighted by Crippen LogP contribution is -2.22. The zero-order valence-corrected chi connectivity index (χ0v) is 11.7. The molecule has 2 aromatic rings. The monoisotopic (exact) mass is 279 g/mol. The first-order chi connectivity index (χ1) is 10.2. The number of hydrogen-bond donors (Lipinski definition) is 2. The molecule has 0 bridgehead atoms. The first-order valence-electron chi connectivity index (χ1n) is 6.79. The zero-order chi connectivity index (χ0) is 15.1. The predicted molar refractivity (Wildman–Crippen MR) is 81.5 cm³/mol. The molecular formula is C17H17N3O. The fourth-order valence-corrected chi connectivity index (χ4v) is 1.97. The number of amides is 1. The number of nitrogens with one attached hydrogen (secondary N) is 1. The van der Waals surface area contributed by atoms with Gasteiger partial charge in [0.25, 0.3) is 5.91 Å². The van der Waals surface area contributed by atoms with Gasteiger partial charge in [-0.2, -0.15) is 5.26 Å². The summed E-state index contributed by atoms with van der Waals surface area (Å²) in [5.41, 5.74) is 8.83. The Morgan fingerprint density at radius 3 is 2.24 bits per heavy atom. The summed E-state index contributed by atoms with van der Waals surface area (Å²) in [5.74, 6) is -0.148. The van der Waals surface area contributed by atoms with Crippen molar-refractivity contribution in [2.75, 3.05) is 6.54 Å². The first-order valence-corrected chi connectivity index (χ1v) is 6.79. The lowest BCUT2D eigenvalue weighted by Gasteiger charge is -2.06. The first kappa shape index (κ1) is 14.8. The van der Waals surface area contributed by atoms with Gasteiger partial charge in [-0.15, -0.1) is 0 Å². The maximum atomic E-state index is 12.0. The van der Waals surface area contributed by atoms with Crippen LogP contribution in [0.15, 0.2) is 48.5 Å². The van der Waals surface area contributed by atoms with Crippen LogP contribution in [0.2, 0.25) is 0 Å². The Balaban J connectivity index is 1.92. The predicted octanol–water partition coefficient (Wildman–Crippen LogP) is 1.99. The van der Waals surface area contributed by atoms with Crippen molar-refractivity contribution in [1.82, 2.24) is 5.32 Å². The molecule has 0 saturated heterocycles. The summed E-state index contributed by atoms with van der Waals surface area (Å²) in [6.07, 6.45) is 0.859. The van der Waals surface area contributed by atoms with E-state index in [9.17, 15) is 4.79 Å². The Morgan fingerprint density at radius 2 is 1.67 bits per heavy atom. The van der Waals surface area contributed by atoms with Crippen molar-refractivity contribution in [2.45, 2.75) is 13.0 Å². The third kappa shape index (κ3) is 4.16. The fourth-order valence-electron chi connectivity index (χ4n) is 1.97. The number of rotatable bonds is 5. The molecule has 2 aromatic carbocycles. The maximum Gasteiger partial charge on any atom is 0.251 e. The van der Waals surface area contributed by atoms with Crippen LogP contribution in [0.25, 0.3) is 0 Å². The van der Waals surface area contributed by atoms with E-state index in [2.05, 4.69) is 5.32 Å². The van der Waals surface area contributed by atoms with Gasteiger partial charge >= 0.3 is 0 Å². The minimum absolute atomic E-state index is 0.148. The molecule has 3 N–H and O–H groups in total. The van der Waals surface area contributed by atoms with Gasteiger partial charge in [0.2, 0.25) is 0 Å². The van der Waals surface area contributed by atoms with Crippen LogP contribution in [-0.4, -0.2) is 12.5 Å². The van der Waals surface area contributed by atoms with Crippen molar-refractivity contribution in [3.05, 3.63) is 70.8 Å². The van der Waals surface area contributed by atoms with Crippen LogP contribution in [-0.2, 0) is 13.0 Å². The number of carbonyl (C=O) groups excluding carboxylic acids is 1. The van der Waals surface area contributed by atoms with Crippen molar-refractivity contribution < 1.29 is 4.79 Å². The third-order valence-electron chi connectivity index (χ3n) is 3.19. The quantitative estimate of drug-likeness (QED) is 0.878. The molecule has 0 saturated carbocycles. The van der Waals surface area contributed by atoms with E-state index in [0.29, 0.717) is 24.2 Å². The van der Waals surface area contributed by atoms with Crippen molar-refractivity contribution in [3.63, 3.8) is 0 Å². The normalized spacial score (nSPS) is 9.90. The summed E-state index contributed by atoms with van der Waals surface area (Å²) in [6.45, 7) is 1.11. The lowest BCUT2D eigenvalue weighted by atomic mass is 10.1. The SMILES string of the molecule is N#Cc1ccc(C(=O)NCc2ccc(CCN)cc2)cc1. The van der Waals surface area contributed by atoms with Gasteiger partial charge in [-0.3, -0.25) is 4.79 Å². The Morgan fingerprint density at radius 1 is 1.05 bits per heavy atom. The molecule has 0 aliphatic rings. The molecule has 0 heterocycles. The second-order valence-electron chi connectivity index (χ2n) is 4.73. The van der Waals surface area contributed by atoms with Gasteiger partial charge in [0.05, 0.1) is 11.6 Å². The highest BCUT2D eigenvalue weighted by Crippen LogP contribution is 2.06. The number of nitrogens with zero attached hydrogens (tertiary/aromatic N) is 1. The van der Waals surface area contributed by atoms with Gasteiger partial charge < -0.3 is 11.1 Å².